The minimum atomic E-state index is -0.840. The van der Waals surface area contributed by atoms with Crippen molar-refractivity contribution < 1.29 is 23.9 Å². The predicted molar refractivity (Wildman–Crippen MR) is 133 cm³/mol. The van der Waals surface area contributed by atoms with Crippen LogP contribution in [0.2, 0.25) is 0 Å². The number of piperazine rings is 1. The predicted octanol–water partition coefficient (Wildman–Crippen LogP) is 3.57. The summed E-state index contributed by atoms with van der Waals surface area (Å²) in [6.45, 7) is 6.99. The molecule has 1 heterocycles. The smallest absolute Gasteiger partial charge is 0.308 e. The Hall–Kier alpha value is -2.20. The Bertz CT molecular complexity index is 864. The Balaban J connectivity index is 1.98. The van der Waals surface area contributed by atoms with E-state index in [1.165, 1.54) is 12.8 Å². The minimum Gasteiger partial charge on any atom is -0.492 e. The standard InChI is InChI=1S/C23H32BrN3O5S/c1-4-5-6-7-12-31-19-9-8-16(13-17(19)24)21(29)26-23(33)27-11-10-25-22(30)18(27)14-20(28)32-15(2)3/h8-9,13,15,18H,4-7,10-12,14H2,1-3H3,(H,25,30)(H,26,29,33). The van der Waals surface area contributed by atoms with E-state index in [9.17, 15) is 14.4 Å². The first-order valence-electron chi connectivity index (χ1n) is 11.2. The Morgan fingerprint density at radius 1 is 1.30 bits per heavy atom. The quantitative estimate of drug-likeness (QED) is 0.265. The molecule has 1 unspecified atom stereocenters. The number of amides is 2. The summed E-state index contributed by atoms with van der Waals surface area (Å²) in [5.74, 6) is -0.575. The van der Waals surface area contributed by atoms with Crippen molar-refractivity contribution in [3.63, 3.8) is 0 Å². The number of unbranched alkanes of at least 4 members (excludes halogenated alkanes) is 3. The molecule has 8 nitrogen and oxygen atoms in total. The summed E-state index contributed by atoms with van der Waals surface area (Å²) in [5, 5.41) is 5.48. The highest BCUT2D eigenvalue weighted by atomic mass is 79.9. The summed E-state index contributed by atoms with van der Waals surface area (Å²) in [5.41, 5.74) is 0.389. The highest BCUT2D eigenvalue weighted by Crippen LogP contribution is 2.26. The number of thiocarbonyl (C=S) groups is 1. The van der Waals surface area contributed by atoms with E-state index in [-0.39, 0.29) is 23.5 Å². The average Bonchev–Trinajstić information content (AvgIpc) is 2.75. The summed E-state index contributed by atoms with van der Waals surface area (Å²) in [7, 11) is 0. The molecule has 2 N–H and O–H groups in total. The fourth-order valence-corrected chi connectivity index (χ4v) is 4.15. The molecule has 1 aromatic carbocycles. The molecule has 33 heavy (non-hydrogen) atoms. The van der Waals surface area contributed by atoms with Gasteiger partial charge in [0.2, 0.25) is 5.91 Å². The van der Waals surface area contributed by atoms with Crippen LogP contribution in [0.1, 0.15) is 63.2 Å². The lowest BCUT2D eigenvalue weighted by molar-refractivity contribution is -0.150. The van der Waals surface area contributed by atoms with Crippen molar-refractivity contribution in [2.75, 3.05) is 19.7 Å². The van der Waals surface area contributed by atoms with Crippen LogP contribution in [0, 0.1) is 0 Å². The Kier molecular flexibility index (Phi) is 11.1. The normalized spacial score (nSPS) is 15.7. The molecule has 2 rings (SSSR count). The summed E-state index contributed by atoms with van der Waals surface area (Å²) in [4.78, 5) is 38.8. The molecular formula is C23H32BrN3O5S. The van der Waals surface area contributed by atoms with E-state index in [0.29, 0.717) is 35.5 Å². The molecule has 1 fully saturated rings. The molecule has 182 valence electrons. The molecule has 2 amide bonds. The number of hydrogen-bond donors (Lipinski definition) is 2. The van der Waals surface area contributed by atoms with Crippen molar-refractivity contribution in [3.05, 3.63) is 28.2 Å². The lowest BCUT2D eigenvalue weighted by Crippen LogP contribution is -2.60. The summed E-state index contributed by atoms with van der Waals surface area (Å²) in [6, 6.07) is 4.22. The maximum atomic E-state index is 12.8. The van der Waals surface area contributed by atoms with Crippen LogP contribution >= 0.6 is 28.1 Å². The van der Waals surface area contributed by atoms with Gasteiger partial charge in [-0.3, -0.25) is 19.7 Å². The molecule has 1 atom stereocenters. The number of esters is 1. The first-order valence-corrected chi connectivity index (χ1v) is 12.4. The lowest BCUT2D eigenvalue weighted by Gasteiger charge is -2.36. The highest BCUT2D eigenvalue weighted by Gasteiger charge is 2.34. The van der Waals surface area contributed by atoms with Gasteiger partial charge in [0.1, 0.15) is 11.8 Å². The molecule has 1 aromatic rings. The first kappa shape index (κ1) is 27.0. The van der Waals surface area contributed by atoms with Gasteiger partial charge in [-0.1, -0.05) is 26.2 Å². The van der Waals surface area contributed by atoms with Crippen molar-refractivity contribution in [1.29, 1.82) is 0 Å². The van der Waals surface area contributed by atoms with Crippen molar-refractivity contribution in [1.82, 2.24) is 15.5 Å². The summed E-state index contributed by atoms with van der Waals surface area (Å²) < 4.78 is 11.6. The molecule has 0 aliphatic carbocycles. The van der Waals surface area contributed by atoms with Gasteiger partial charge in [0.05, 0.1) is 23.6 Å². The van der Waals surface area contributed by atoms with Gasteiger partial charge in [-0.15, -0.1) is 0 Å². The Morgan fingerprint density at radius 3 is 2.73 bits per heavy atom. The van der Waals surface area contributed by atoms with E-state index in [2.05, 4.69) is 33.5 Å². The van der Waals surface area contributed by atoms with Gasteiger partial charge >= 0.3 is 5.97 Å². The number of halogens is 1. The van der Waals surface area contributed by atoms with Crippen LogP contribution in [-0.2, 0) is 14.3 Å². The Morgan fingerprint density at radius 2 is 2.06 bits per heavy atom. The summed E-state index contributed by atoms with van der Waals surface area (Å²) in [6.07, 6.45) is 4.01. The van der Waals surface area contributed by atoms with E-state index < -0.39 is 17.9 Å². The maximum Gasteiger partial charge on any atom is 0.308 e. The van der Waals surface area contributed by atoms with Gasteiger partial charge in [-0.05, 0) is 66.6 Å². The zero-order chi connectivity index (χ0) is 24.4. The topological polar surface area (TPSA) is 97.0 Å². The second-order valence-electron chi connectivity index (χ2n) is 8.06. The van der Waals surface area contributed by atoms with Crippen LogP contribution in [-0.4, -0.2) is 59.6 Å². The lowest BCUT2D eigenvalue weighted by atomic mass is 10.1. The van der Waals surface area contributed by atoms with E-state index in [1.54, 1.807) is 36.9 Å². The van der Waals surface area contributed by atoms with Crippen LogP contribution < -0.4 is 15.4 Å². The van der Waals surface area contributed by atoms with Gasteiger partial charge in [0.25, 0.3) is 5.91 Å². The number of rotatable bonds is 10. The van der Waals surface area contributed by atoms with Crippen molar-refractivity contribution in [2.24, 2.45) is 0 Å². The second kappa shape index (κ2) is 13.5. The zero-order valence-corrected chi connectivity index (χ0v) is 21.7. The monoisotopic (exact) mass is 541 g/mol. The van der Waals surface area contributed by atoms with E-state index in [4.69, 9.17) is 21.7 Å². The molecule has 0 aromatic heterocycles. The number of carbonyl (C=O) groups is 3. The molecule has 0 bridgehead atoms. The van der Waals surface area contributed by atoms with Gasteiger partial charge in [0, 0.05) is 18.7 Å². The fraction of sp³-hybridized carbons (Fsp3) is 0.565. The number of ether oxygens (including phenoxy) is 2. The number of hydrogen-bond acceptors (Lipinski definition) is 6. The van der Waals surface area contributed by atoms with Crippen molar-refractivity contribution in [2.45, 2.75) is 65.0 Å². The van der Waals surface area contributed by atoms with Crippen LogP contribution in [0.4, 0.5) is 0 Å². The maximum absolute atomic E-state index is 12.8. The molecule has 0 saturated carbocycles. The van der Waals surface area contributed by atoms with Gasteiger partial charge < -0.3 is 19.7 Å². The molecule has 1 aliphatic rings. The first-order chi connectivity index (χ1) is 15.7. The van der Waals surface area contributed by atoms with Crippen LogP contribution in [0.5, 0.6) is 5.75 Å². The molecular weight excluding hydrogens is 510 g/mol. The van der Waals surface area contributed by atoms with Gasteiger partial charge in [0.15, 0.2) is 5.11 Å². The van der Waals surface area contributed by atoms with Crippen LogP contribution in [0.15, 0.2) is 22.7 Å². The fourth-order valence-electron chi connectivity index (χ4n) is 3.34. The van der Waals surface area contributed by atoms with Crippen molar-refractivity contribution >= 4 is 51.0 Å². The number of nitrogens with one attached hydrogen (secondary N) is 2. The SMILES string of the molecule is CCCCCCOc1ccc(C(=O)NC(=S)N2CCNC(=O)C2CC(=O)OC(C)C)cc1Br. The van der Waals surface area contributed by atoms with Gasteiger partial charge in [-0.2, -0.15) is 0 Å². The zero-order valence-electron chi connectivity index (χ0n) is 19.3. The highest BCUT2D eigenvalue weighted by molar-refractivity contribution is 9.10. The van der Waals surface area contributed by atoms with Crippen molar-refractivity contribution in [3.8, 4) is 5.75 Å². The number of benzene rings is 1. The third-order valence-electron chi connectivity index (χ3n) is 4.99. The molecule has 0 radical (unpaired) electrons. The van der Waals surface area contributed by atoms with Gasteiger partial charge in [-0.25, -0.2) is 0 Å². The minimum absolute atomic E-state index is 0.0876. The molecule has 0 spiro atoms. The Labute approximate surface area is 208 Å². The molecule has 1 saturated heterocycles. The third-order valence-corrected chi connectivity index (χ3v) is 5.95. The summed E-state index contributed by atoms with van der Waals surface area (Å²) >= 11 is 8.85. The molecule has 10 heteroatoms. The van der Waals surface area contributed by atoms with Crippen LogP contribution in [0.3, 0.4) is 0 Å². The second-order valence-corrected chi connectivity index (χ2v) is 9.30. The number of nitrogens with zero attached hydrogens (tertiary/aromatic N) is 1. The third kappa shape index (κ3) is 8.58. The average molecular weight is 542 g/mol. The number of carbonyl (C=O) groups excluding carboxylic acids is 3. The van der Waals surface area contributed by atoms with E-state index in [1.807, 2.05) is 0 Å². The van der Waals surface area contributed by atoms with Crippen LogP contribution in [0.25, 0.3) is 0 Å². The van der Waals surface area contributed by atoms with E-state index >= 15 is 0 Å². The largest absolute Gasteiger partial charge is 0.492 e. The van der Waals surface area contributed by atoms with E-state index in [0.717, 1.165) is 12.8 Å². The molecule has 1 aliphatic heterocycles.